The highest BCUT2D eigenvalue weighted by Crippen LogP contribution is 2.32. The number of pyridine rings is 3. The first kappa shape index (κ1) is 14.3. The number of aromatic nitrogens is 3. The summed E-state index contributed by atoms with van der Waals surface area (Å²) < 4.78 is 0. The Balaban J connectivity index is 1.84. The van der Waals surface area contributed by atoms with Gasteiger partial charge < -0.3 is 0 Å². The Morgan fingerprint density at radius 2 is 1.38 bits per heavy atom. The van der Waals surface area contributed by atoms with Gasteiger partial charge in [-0.15, -0.1) is 0 Å². The summed E-state index contributed by atoms with van der Waals surface area (Å²) in [6.45, 7) is 0. The summed E-state index contributed by atoms with van der Waals surface area (Å²) in [4.78, 5) is 13.2. The van der Waals surface area contributed by atoms with Gasteiger partial charge in [-0.25, -0.2) is 0 Å². The first-order chi connectivity index (χ1) is 11.9. The number of benzene rings is 1. The van der Waals surface area contributed by atoms with E-state index in [-0.39, 0.29) is 0 Å². The Morgan fingerprint density at radius 3 is 2.21 bits per heavy atom. The molecule has 0 aliphatic heterocycles. The molecule has 4 aromatic rings. The van der Waals surface area contributed by atoms with Crippen LogP contribution in [0.25, 0.3) is 33.6 Å². The van der Waals surface area contributed by atoms with Crippen LogP contribution in [0.2, 0.25) is 0 Å². The van der Waals surface area contributed by atoms with Gasteiger partial charge >= 0.3 is 0 Å². The van der Waals surface area contributed by atoms with Crippen molar-refractivity contribution in [1.82, 2.24) is 15.0 Å². The molecule has 0 fully saturated rings. The van der Waals surface area contributed by atoms with E-state index in [4.69, 9.17) is 0 Å². The molecule has 0 spiro atoms. The molecule has 0 aliphatic rings. The molecule has 0 saturated carbocycles. The predicted molar refractivity (Wildman–Crippen MR) is 96.1 cm³/mol. The molecule has 1 aromatic carbocycles. The fourth-order valence-electron chi connectivity index (χ4n) is 2.75. The highest BCUT2D eigenvalue weighted by molar-refractivity contribution is 5.83. The molecule has 0 atom stereocenters. The normalized spacial score (nSPS) is 10.5. The maximum Gasteiger partial charge on any atom is 0.0892 e. The number of hydrogen-bond donors (Lipinski definition) is 0. The SMILES string of the molecule is c1ccc(-c2ccncc2-c2ccnc(-c3ccccn3)c2)cc1. The van der Waals surface area contributed by atoms with Crippen molar-refractivity contribution in [1.29, 1.82) is 0 Å². The lowest BCUT2D eigenvalue weighted by atomic mass is 9.96. The molecule has 3 heterocycles. The second-order valence-corrected chi connectivity index (χ2v) is 5.43. The lowest BCUT2D eigenvalue weighted by molar-refractivity contribution is 1.24. The van der Waals surface area contributed by atoms with E-state index in [1.807, 2.05) is 67.1 Å². The Labute approximate surface area is 140 Å². The van der Waals surface area contributed by atoms with Crippen LogP contribution in [0.1, 0.15) is 0 Å². The van der Waals surface area contributed by atoms with E-state index in [0.717, 1.165) is 28.1 Å². The van der Waals surface area contributed by atoms with Crippen LogP contribution in [0, 0.1) is 0 Å². The molecule has 0 bridgehead atoms. The second kappa shape index (κ2) is 6.42. The minimum Gasteiger partial charge on any atom is -0.264 e. The van der Waals surface area contributed by atoms with Crippen molar-refractivity contribution in [2.75, 3.05) is 0 Å². The molecule has 4 rings (SSSR count). The summed E-state index contributed by atoms with van der Waals surface area (Å²) >= 11 is 0. The monoisotopic (exact) mass is 309 g/mol. The van der Waals surface area contributed by atoms with E-state index < -0.39 is 0 Å². The Kier molecular flexibility index (Phi) is 3.82. The summed E-state index contributed by atoms with van der Waals surface area (Å²) in [5.74, 6) is 0. The zero-order valence-electron chi connectivity index (χ0n) is 13.0. The zero-order valence-corrected chi connectivity index (χ0v) is 13.0. The lowest BCUT2D eigenvalue weighted by Gasteiger charge is -2.10. The van der Waals surface area contributed by atoms with Crippen LogP contribution in [-0.2, 0) is 0 Å². The third-order valence-electron chi connectivity index (χ3n) is 3.90. The molecule has 114 valence electrons. The maximum atomic E-state index is 4.45. The average molecular weight is 309 g/mol. The first-order valence-corrected chi connectivity index (χ1v) is 7.79. The van der Waals surface area contributed by atoms with Gasteiger partial charge in [0.2, 0.25) is 0 Å². The second-order valence-electron chi connectivity index (χ2n) is 5.43. The van der Waals surface area contributed by atoms with Crippen LogP contribution in [-0.4, -0.2) is 15.0 Å². The topological polar surface area (TPSA) is 38.7 Å². The Bertz CT molecular complexity index is 951. The summed E-state index contributed by atoms with van der Waals surface area (Å²) in [6, 6.07) is 22.3. The molecule has 0 unspecified atom stereocenters. The maximum absolute atomic E-state index is 4.45. The molecule has 0 amide bonds. The van der Waals surface area contributed by atoms with Gasteiger partial charge in [-0.2, -0.15) is 0 Å². The van der Waals surface area contributed by atoms with Crippen molar-refractivity contribution >= 4 is 0 Å². The quantitative estimate of drug-likeness (QED) is 0.542. The van der Waals surface area contributed by atoms with Crippen molar-refractivity contribution in [2.24, 2.45) is 0 Å². The van der Waals surface area contributed by atoms with Crippen molar-refractivity contribution in [3.05, 3.63) is 91.5 Å². The number of rotatable bonds is 3. The standard InChI is InChI=1S/C21H15N3/c1-2-6-16(7-3-1)18-10-12-22-15-19(18)17-9-13-24-21(14-17)20-8-4-5-11-23-20/h1-15H. The minimum absolute atomic E-state index is 0.857. The van der Waals surface area contributed by atoms with E-state index in [0.29, 0.717) is 0 Å². The van der Waals surface area contributed by atoms with Crippen molar-refractivity contribution < 1.29 is 0 Å². The van der Waals surface area contributed by atoms with Crippen molar-refractivity contribution in [3.8, 4) is 33.6 Å². The van der Waals surface area contributed by atoms with Crippen molar-refractivity contribution in [2.45, 2.75) is 0 Å². The summed E-state index contributed by atoms with van der Waals surface area (Å²) in [7, 11) is 0. The fraction of sp³-hybridized carbons (Fsp3) is 0. The van der Waals surface area contributed by atoms with Gasteiger partial charge in [-0.3, -0.25) is 15.0 Å². The minimum atomic E-state index is 0.857. The van der Waals surface area contributed by atoms with E-state index in [1.165, 1.54) is 5.56 Å². The highest BCUT2D eigenvalue weighted by Gasteiger charge is 2.09. The lowest BCUT2D eigenvalue weighted by Crippen LogP contribution is -1.90. The molecule has 0 aliphatic carbocycles. The number of nitrogens with zero attached hydrogens (tertiary/aromatic N) is 3. The van der Waals surface area contributed by atoms with Gasteiger partial charge in [0, 0.05) is 30.4 Å². The Morgan fingerprint density at radius 1 is 0.542 bits per heavy atom. The third kappa shape index (κ3) is 2.79. The van der Waals surface area contributed by atoms with Gasteiger partial charge in [0.05, 0.1) is 11.4 Å². The van der Waals surface area contributed by atoms with Gasteiger partial charge in [0.25, 0.3) is 0 Å². The van der Waals surface area contributed by atoms with Crippen LogP contribution in [0.15, 0.2) is 91.5 Å². The summed E-state index contributed by atoms with van der Waals surface area (Å²) in [6.07, 6.45) is 7.33. The largest absolute Gasteiger partial charge is 0.264 e. The van der Waals surface area contributed by atoms with Crippen LogP contribution < -0.4 is 0 Å². The zero-order chi connectivity index (χ0) is 16.2. The molecule has 0 N–H and O–H groups in total. The van der Waals surface area contributed by atoms with E-state index in [1.54, 1.807) is 6.20 Å². The molecule has 24 heavy (non-hydrogen) atoms. The number of hydrogen-bond acceptors (Lipinski definition) is 3. The Hall–Kier alpha value is -3.33. The molecule has 0 saturated heterocycles. The molecule has 3 heteroatoms. The first-order valence-electron chi connectivity index (χ1n) is 7.79. The molecule has 3 aromatic heterocycles. The average Bonchev–Trinajstić information content (AvgIpc) is 2.69. The highest BCUT2D eigenvalue weighted by atomic mass is 14.8. The van der Waals surface area contributed by atoms with Crippen LogP contribution in [0.5, 0.6) is 0 Å². The third-order valence-corrected chi connectivity index (χ3v) is 3.90. The summed E-state index contributed by atoms with van der Waals surface area (Å²) in [5.41, 5.74) is 6.22. The summed E-state index contributed by atoms with van der Waals surface area (Å²) in [5, 5.41) is 0. The molecular formula is C21H15N3. The van der Waals surface area contributed by atoms with E-state index >= 15 is 0 Å². The van der Waals surface area contributed by atoms with E-state index in [9.17, 15) is 0 Å². The van der Waals surface area contributed by atoms with Crippen LogP contribution >= 0.6 is 0 Å². The van der Waals surface area contributed by atoms with Gasteiger partial charge in [-0.05, 0) is 47.0 Å². The van der Waals surface area contributed by atoms with Gasteiger partial charge in [-0.1, -0.05) is 36.4 Å². The smallest absolute Gasteiger partial charge is 0.0892 e. The fourth-order valence-corrected chi connectivity index (χ4v) is 2.75. The predicted octanol–water partition coefficient (Wildman–Crippen LogP) is 4.87. The molecule has 3 nitrogen and oxygen atoms in total. The van der Waals surface area contributed by atoms with Crippen LogP contribution in [0.4, 0.5) is 0 Å². The molecular weight excluding hydrogens is 294 g/mol. The van der Waals surface area contributed by atoms with Crippen LogP contribution in [0.3, 0.4) is 0 Å². The molecule has 0 radical (unpaired) electrons. The van der Waals surface area contributed by atoms with E-state index in [2.05, 4.69) is 33.2 Å². The van der Waals surface area contributed by atoms with Gasteiger partial charge in [0.15, 0.2) is 0 Å². The van der Waals surface area contributed by atoms with Crippen molar-refractivity contribution in [3.63, 3.8) is 0 Å². The van der Waals surface area contributed by atoms with Gasteiger partial charge in [0.1, 0.15) is 0 Å².